The molecule has 0 aliphatic rings. The van der Waals surface area contributed by atoms with Crippen molar-refractivity contribution in [2.24, 2.45) is 10.9 Å². The van der Waals surface area contributed by atoms with Crippen LogP contribution in [0.2, 0.25) is 0 Å². The van der Waals surface area contributed by atoms with Crippen LogP contribution < -0.4 is 11.1 Å². The first-order valence-electron chi connectivity index (χ1n) is 5.35. The van der Waals surface area contributed by atoms with Crippen LogP contribution >= 0.6 is 43.2 Å². The maximum Gasteiger partial charge on any atom is 0.265 e. The lowest BCUT2D eigenvalue weighted by atomic mass is 10.2. The quantitative estimate of drug-likeness (QED) is 0.308. The normalized spacial score (nSPS) is 11.4. The molecule has 0 bridgehead atoms. The van der Waals surface area contributed by atoms with E-state index in [9.17, 15) is 4.79 Å². The summed E-state index contributed by atoms with van der Waals surface area (Å²) in [5, 5.41) is 14.2. The van der Waals surface area contributed by atoms with Crippen molar-refractivity contribution < 1.29 is 10.0 Å². The summed E-state index contributed by atoms with van der Waals surface area (Å²) < 4.78 is 1.71. The average Bonchev–Trinajstić information content (AvgIpc) is 2.79. The van der Waals surface area contributed by atoms with Gasteiger partial charge in [0.05, 0.1) is 8.66 Å². The molecule has 2 rings (SSSR count). The van der Waals surface area contributed by atoms with Crippen molar-refractivity contribution in [1.82, 2.24) is 0 Å². The molecule has 1 aromatic carbocycles. The van der Waals surface area contributed by atoms with Gasteiger partial charge >= 0.3 is 0 Å². The molecule has 1 aromatic heterocycles. The molecule has 0 atom stereocenters. The molecule has 104 valence electrons. The van der Waals surface area contributed by atoms with Crippen molar-refractivity contribution in [3.63, 3.8) is 0 Å². The van der Waals surface area contributed by atoms with E-state index < -0.39 is 0 Å². The van der Waals surface area contributed by atoms with Gasteiger partial charge in [-0.25, -0.2) is 0 Å². The van der Waals surface area contributed by atoms with Crippen LogP contribution in [0.5, 0.6) is 0 Å². The minimum absolute atomic E-state index is 0.0222. The number of oxime groups is 1. The molecule has 0 spiro atoms. The second-order valence-corrected chi connectivity index (χ2v) is 6.97. The number of nitrogens with one attached hydrogen (secondary N) is 1. The first-order valence-corrected chi connectivity index (χ1v) is 7.75. The van der Waals surface area contributed by atoms with Crippen molar-refractivity contribution in [2.45, 2.75) is 0 Å². The highest BCUT2D eigenvalue weighted by Crippen LogP contribution is 2.32. The topological polar surface area (TPSA) is 87.7 Å². The Morgan fingerprint density at radius 1 is 1.30 bits per heavy atom. The van der Waals surface area contributed by atoms with Gasteiger partial charge in [-0.3, -0.25) is 4.79 Å². The van der Waals surface area contributed by atoms with Crippen LogP contribution in [0.25, 0.3) is 0 Å². The van der Waals surface area contributed by atoms with Crippen LogP contribution in [-0.2, 0) is 0 Å². The average molecular weight is 419 g/mol. The third kappa shape index (κ3) is 3.38. The largest absolute Gasteiger partial charge is 0.409 e. The van der Waals surface area contributed by atoms with Gasteiger partial charge in [0.15, 0.2) is 5.84 Å². The summed E-state index contributed by atoms with van der Waals surface area (Å²) in [7, 11) is 0. The highest BCUT2D eigenvalue weighted by atomic mass is 79.9. The first-order chi connectivity index (χ1) is 9.51. The van der Waals surface area contributed by atoms with Gasteiger partial charge in [0.2, 0.25) is 0 Å². The highest BCUT2D eigenvalue weighted by molar-refractivity contribution is 9.13. The number of anilines is 1. The van der Waals surface area contributed by atoms with Crippen molar-refractivity contribution in [3.8, 4) is 0 Å². The lowest BCUT2D eigenvalue weighted by molar-refractivity contribution is 0.103. The summed E-state index contributed by atoms with van der Waals surface area (Å²) >= 11 is 8.02. The monoisotopic (exact) mass is 417 g/mol. The number of rotatable bonds is 3. The molecular weight excluding hydrogens is 410 g/mol. The smallest absolute Gasteiger partial charge is 0.265 e. The fraction of sp³-hybridized carbons (Fsp3) is 0. The number of thiophene rings is 1. The molecule has 8 heteroatoms. The number of halogens is 2. The van der Waals surface area contributed by atoms with Crippen molar-refractivity contribution in [1.29, 1.82) is 0 Å². The Morgan fingerprint density at radius 3 is 2.45 bits per heavy atom. The summed E-state index contributed by atoms with van der Waals surface area (Å²) in [6, 6.07) is 8.43. The van der Waals surface area contributed by atoms with Crippen LogP contribution in [0.15, 0.2) is 43.7 Å². The van der Waals surface area contributed by atoms with Gasteiger partial charge in [-0.2, -0.15) is 0 Å². The van der Waals surface area contributed by atoms with Crippen LogP contribution in [0.1, 0.15) is 15.2 Å². The molecule has 1 amide bonds. The van der Waals surface area contributed by atoms with E-state index in [1.807, 2.05) is 0 Å². The number of amidine groups is 1. The molecule has 0 saturated heterocycles. The van der Waals surface area contributed by atoms with Gasteiger partial charge in [0.1, 0.15) is 0 Å². The number of carbonyl (C=O) groups is 1. The molecule has 0 aliphatic carbocycles. The zero-order valence-electron chi connectivity index (χ0n) is 9.93. The van der Waals surface area contributed by atoms with E-state index in [-0.39, 0.29) is 11.7 Å². The molecule has 0 saturated carbocycles. The second-order valence-electron chi connectivity index (χ2n) is 3.75. The number of benzene rings is 1. The maximum absolute atomic E-state index is 12.0. The number of nitrogens with zero attached hydrogens (tertiary/aromatic N) is 1. The van der Waals surface area contributed by atoms with Gasteiger partial charge in [0, 0.05) is 15.7 Å². The first kappa shape index (κ1) is 15.0. The minimum atomic E-state index is -0.196. The lowest BCUT2D eigenvalue weighted by Gasteiger charge is -2.04. The van der Waals surface area contributed by atoms with Crippen molar-refractivity contribution in [3.05, 3.63) is 49.0 Å². The predicted molar refractivity (Wildman–Crippen MR) is 86.6 cm³/mol. The molecule has 0 aliphatic heterocycles. The Hall–Kier alpha value is -1.38. The summed E-state index contributed by atoms with van der Waals surface area (Å²) in [6.45, 7) is 0. The number of hydrogen-bond acceptors (Lipinski definition) is 4. The SMILES string of the molecule is N/C(=N/O)c1ccc(NC(=O)c2cc(Br)c(Br)s2)cc1. The number of nitrogens with two attached hydrogens (primary N) is 1. The zero-order valence-corrected chi connectivity index (χ0v) is 13.9. The van der Waals surface area contributed by atoms with E-state index in [0.29, 0.717) is 16.1 Å². The Bertz CT molecular complexity index is 648. The third-order valence-electron chi connectivity index (χ3n) is 2.42. The van der Waals surface area contributed by atoms with Crippen LogP contribution in [0.3, 0.4) is 0 Å². The van der Waals surface area contributed by atoms with E-state index in [1.165, 1.54) is 11.3 Å². The Kier molecular flexibility index (Phi) is 4.79. The van der Waals surface area contributed by atoms with Gasteiger partial charge < -0.3 is 16.3 Å². The minimum Gasteiger partial charge on any atom is -0.409 e. The number of amides is 1. The van der Waals surface area contributed by atoms with E-state index >= 15 is 0 Å². The standard InChI is InChI=1S/C12H9Br2N3O2S/c13-8-5-9(20-10(8)14)12(18)16-7-3-1-6(2-4-7)11(15)17-19/h1-5,19H,(H2,15,17)(H,16,18). The van der Waals surface area contributed by atoms with Crippen LogP contribution in [-0.4, -0.2) is 17.0 Å². The summed E-state index contributed by atoms with van der Waals surface area (Å²) in [5.74, 6) is -0.174. The van der Waals surface area contributed by atoms with Crippen molar-refractivity contribution >= 4 is 60.6 Å². The number of hydrogen-bond donors (Lipinski definition) is 3. The molecule has 2 aromatic rings. The van der Waals surface area contributed by atoms with Gasteiger partial charge in [-0.05, 0) is 62.2 Å². The molecular formula is C12H9Br2N3O2S. The molecule has 0 fully saturated rings. The molecule has 1 heterocycles. The zero-order chi connectivity index (χ0) is 14.7. The van der Waals surface area contributed by atoms with E-state index in [2.05, 4.69) is 42.3 Å². The molecule has 0 radical (unpaired) electrons. The van der Waals surface area contributed by atoms with Crippen LogP contribution in [0.4, 0.5) is 5.69 Å². The summed E-state index contributed by atoms with van der Waals surface area (Å²) in [6.07, 6.45) is 0. The van der Waals surface area contributed by atoms with Crippen molar-refractivity contribution in [2.75, 3.05) is 5.32 Å². The predicted octanol–water partition coefficient (Wildman–Crippen LogP) is 3.62. The van der Waals surface area contributed by atoms with E-state index in [1.54, 1.807) is 30.3 Å². The van der Waals surface area contributed by atoms with E-state index in [0.717, 1.165) is 8.26 Å². The highest BCUT2D eigenvalue weighted by Gasteiger charge is 2.12. The Labute approximate surface area is 135 Å². The Morgan fingerprint density at radius 2 is 1.95 bits per heavy atom. The third-order valence-corrected chi connectivity index (χ3v) is 5.67. The van der Waals surface area contributed by atoms with Crippen LogP contribution in [0, 0.1) is 0 Å². The fourth-order valence-electron chi connectivity index (χ4n) is 1.43. The second kappa shape index (κ2) is 6.38. The maximum atomic E-state index is 12.0. The lowest BCUT2D eigenvalue weighted by Crippen LogP contribution is -2.13. The van der Waals surface area contributed by atoms with Gasteiger partial charge in [-0.15, -0.1) is 11.3 Å². The molecule has 5 nitrogen and oxygen atoms in total. The molecule has 4 N–H and O–H groups in total. The van der Waals surface area contributed by atoms with Gasteiger partial charge in [-0.1, -0.05) is 5.16 Å². The summed E-state index contributed by atoms with van der Waals surface area (Å²) in [5.41, 5.74) is 6.67. The van der Waals surface area contributed by atoms with Gasteiger partial charge in [0.25, 0.3) is 5.91 Å². The molecule has 0 unspecified atom stereocenters. The Balaban J connectivity index is 2.12. The summed E-state index contributed by atoms with van der Waals surface area (Å²) in [4.78, 5) is 12.6. The number of carbonyl (C=O) groups excluding carboxylic acids is 1. The van der Waals surface area contributed by atoms with E-state index in [4.69, 9.17) is 10.9 Å². The molecule has 20 heavy (non-hydrogen) atoms. The fourth-order valence-corrected chi connectivity index (χ4v) is 3.36.